The molecule has 148 valence electrons. The summed E-state index contributed by atoms with van der Waals surface area (Å²) in [6.45, 7) is 3.88. The third-order valence-electron chi connectivity index (χ3n) is 7.05. The average molecular weight is 389 g/mol. The molecule has 4 unspecified atom stereocenters. The quantitative estimate of drug-likeness (QED) is 0.451. The summed E-state index contributed by atoms with van der Waals surface area (Å²) in [4.78, 5) is 39.7. The fourth-order valence-electron chi connectivity index (χ4n) is 5.40. The van der Waals surface area contributed by atoms with Crippen LogP contribution >= 0.6 is 0 Å². The fraction of sp³-hybridized carbons (Fsp3) is 0.375. The number of carbonyl (C=O) groups is 3. The molecule has 0 aromatic heterocycles. The number of imide groups is 1. The summed E-state index contributed by atoms with van der Waals surface area (Å²) in [6, 6.07) is 12.1. The summed E-state index contributed by atoms with van der Waals surface area (Å²) in [5.41, 5.74) is 2.90. The molecule has 1 aliphatic heterocycles. The predicted molar refractivity (Wildman–Crippen MR) is 108 cm³/mol. The molecule has 5 nitrogen and oxygen atoms in total. The predicted octanol–water partition coefficient (Wildman–Crippen LogP) is 4.06. The molecule has 2 aromatic carbocycles. The lowest BCUT2D eigenvalue weighted by molar-refractivity contribution is -0.123. The van der Waals surface area contributed by atoms with Crippen molar-refractivity contribution in [3.8, 4) is 5.75 Å². The van der Waals surface area contributed by atoms with Crippen molar-refractivity contribution in [1.82, 2.24) is 0 Å². The maximum absolute atomic E-state index is 12.9. The van der Waals surface area contributed by atoms with Crippen molar-refractivity contribution in [1.29, 1.82) is 0 Å². The standard InChI is InChI=1S/C24H23NO4/c1-13-4-3-5-19(14(13)2)29-24(28)15-8-10-18(11-9-15)25-22(26)20-16-6-7-17(12-16)21(20)23(25)27/h3-5,8-11,16-17,20-21H,6-7,12H2,1-2H3. The Kier molecular flexibility index (Phi) is 4.09. The van der Waals surface area contributed by atoms with Crippen molar-refractivity contribution in [2.75, 3.05) is 4.90 Å². The zero-order chi connectivity index (χ0) is 20.3. The molecule has 0 radical (unpaired) electrons. The van der Waals surface area contributed by atoms with Gasteiger partial charge in [0.05, 0.1) is 23.1 Å². The topological polar surface area (TPSA) is 63.7 Å². The van der Waals surface area contributed by atoms with E-state index in [0.29, 0.717) is 28.8 Å². The van der Waals surface area contributed by atoms with E-state index in [9.17, 15) is 14.4 Å². The fourth-order valence-corrected chi connectivity index (χ4v) is 5.40. The van der Waals surface area contributed by atoms with Crippen molar-refractivity contribution >= 4 is 23.5 Å². The summed E-state index contributed by atoms with van der Waals surface area (Å²) in [5.74, 6) is 0.365. The second kappa shape index (κ2) is 6.55. The highest BCUT2D eigenvalue weighted by atomic mass is 16.5. The minimum Gasteiger partial charge on any atom is -0.423 e. The minimum atomic E-state index is -0.459. The second-order valence-corrected chi connectivity index (χ2v) is 8.53. The van der Waals surface area contributed by atoms with Crippen LogP contribution in [0.5, 0.6) is 5.75 Å². The molecule has 2 saturated carbocycles. The molecule has 5 heteroatoms. The maximum Gasteiger partial charge on any atom is 0.343 e. The van der Waals surface area contributed by atoms with Crippen LogP contribution < -0.4 is 9.64 Å². The van der Waals surface area contributed by atoms with Gasteiger partial charge in [-0.15, -0.1) is 0 Å². The van der Waals surface area contributed by atoms with Gasteiger partial charge < -0.3 is 4.74 Å². The number of benzene rings is 2. The molecular weight excluding hydrogens is 366 g/mol. The number of carbonyl (C=O) groups excluding carboxylic acids is 3. The van der Waals surface area contributed by atoms with Crippen LogP contribution in [-0.4, -0.2) is 17.8 Å². The largest absolute Gasteiger partial charge is 0.423 e. The van der Waals surface area contributed by atoms with E-state index in [-0.39, 0.29) is 23.7 Å². The minimum absolute atomic E-state index is 0.0714. The Labute approximate surface area is 169 Å². The smallest absolute Gasteiger partial charge is 0.343 e. The molecule has 29 heavy (non-hydrogen) atoms. The SMILES string of the molecule is Cc1cccc(OC(=O)c2ccc(N3C(=O)C4C5CCC(C5)C4C3=O)cc2)c1C. The molecule has 1 saturated heterocycles. The number of aryl methyl sites for hydroxylation is 1. The van der Waals surface area contributed by atoms with Gasteiger partial charge in [-0.1, -0.05) is 12.1 Å². The molecule has 2 aliphatic carbocycles. The van der Waals surface area contributed by atoms with Crippen LogP contribution in [0.25, 0.3) is 0 Å². The summed E-state index contributed by atoms with van der Waals surface area (Å²) < 4.78 is 5.53. The van der Waals surface area contributed by atoms with E-state index in [4.69, 9.17) is 4.74 Å². The Bertz CT molecular complexity index is 998. The van der Waals surface area contributed by atoms with Crippen LogP contribution in [0.15, 0.2) is 42.5 Å². The highest BCUT2D eigenvalue weighted by Gasteiger charge is 2.61. The number of hydrogen-bond donors (Lipinski definition) is 0. The van der Waals surface area contributed by atoms with Crippen molar-refractivity contribution in [2.24, 2.45) is 23.7 Å². The Hall–Kier alpha value is -2.95. The van der Waals surface area contributed by atoms with Crippen LogP contribution in [0.1, 0.15) is 40.7 Å². The molecule has 2 aromatic rings. The Morgan fingerprint density at radius 1 is 0.931 bits per heavy atom. The van der Waals surface area contributed by atoms with Gasteiger partial charge in [0.25, 0.3) is 0 Å². The number of esters is 1. The molecule has 3 fully saturated rings. The molecule has 5 rings (SSSR count). The molecular formula is C24H23NO4. The van der Waals surface area contributed by atoms with Crippen molar-refractivity contribution in [2.45, 2.75) is 33.1 Å². The summed E-state index contributed by atoms with van der Waals surface area (Å²) in [7, 11) is 0. The number of anilines is 1. The van der Waals surface area contributed by atoms with Gasteiger partial charge >= 0.3 is 5.97 Å². The molecule has 1 heterocycles. The lowest BCUT2D eigenvalue weighted by atomic mass is 9.81. The summed E-state index contributed by atoms with van der Waals surface area (Å²) in [5, 5.41) is 0. The van der Waals surface area contributed by atoms with E-state index in [0.717, 1.165) is 30.4 Å². The lowest BCUT2D eigenvalue weighted by Crippen LogP contribution is -2.32. The molecule has 2 bridgehead atoms. The molecule has 4 atom stereocenters. The number of hydrogen-bond acceptors (Lipinski definition) is 4. The van der Waals surface area contributed by atoms with Gasteiger partial charge in [-0.2, -0.15) is 0 Å². The van der Waals surface area contributed by atoms with Gasteiger partial charge in [0.1, 0.15) is 5.75 Å². The van der Waals surface area contributed by atoms with Gasteiger partial charge in [-0.05, 0) is 86.4 Å². The lowest BCUT2D eigenvalue weighted by Gasteiger charge is -2.19. The highest BCUT2D eigenvalue weighted by Crippen LogP contribution is 2.56. The van der Waals surface area contributed by atoms with E-state index < -0.39 is 5.97 Å². The van der Waals surface area contributed by atoms with Crippen molar-refractivity contribution in [3.63, 3.8) is 0 Å². The van der Waals surface area contributed by atoms with Crippen LogP contribution in [0, 0.1) is 37.5 Å². The highest BCUT2D eigenvalue weighted by molar-refractivity contribution is 6.22. The van der Waals surface area contributed by atoms with Crippen molar-refractivity contribution in [3.05, 3.63) is 59.2 Å². The first kappa shape index (κ1) is 18.1. The number of nitrogens with zero attached hydrogens (tertiary/aromatic N) is 1. The summed E-state index contributed by atoms with van der Waals surface area (Å²) >= 11 is 0. The van der Waals surface area contributed by atoms with Crippen LogP contribution in [-0.2, 0) is 9.59 Å². The van der Waals surface area contributed by atoms with E-state index in [1.807, 2.05) is 26.0 Å². The number of fused-ring (bicyclic) bond motifs is 5. The van der Waals surface area contributed by atoms with Crippen LogP contribution in [0.3, 0.4) is 0 Å². The van der Waals surface area contributed by atoms with Gasteiger partial charge in [-0.25, -0.2) is 4.79 Å². The number of rotatable bonds is 3. The van der Waals surface area contributed by atoms with Gasteiger partial charge in [0.2, 0.25) is 11.8 Å². The molecule has 2 amide bonds. The number of ether oxygens (including phenoxy) is 1. The third kappa shape index (κ3) is 2.71. The van der Waals surface area contributed by atoms with Crippen LogP contribution in [0.2, 0.25) is 0 Å². The summed E-state index contributed by atoms with van der Waals surface area (Å²) in [6.07, 6.45) is 3.13. The first-order valence-corrected chi connectivity index (χ1v) is 10.2. The van der Waals surface area contributed by atoms with E-state index in [1.54, 1.807) is 30.3 Å². The van der Waals surface area contributed by atoms with E-state index >= 15 is 0 Å². The Morgan fingerprint density at radius 2 is 1.55 bits per heavy atom. The number of amides is 2. The van der Waals surface area contributed by atoms with Gasteiger partial charge in [0, 0.05) is 0 Å². The van der Waals surface area contributed by atoms with Gasteiger partial charge in [-0.3, -0.25) is 14.5 Å². The monoisotopic (exact) mass is 389 g/mol. The molecule has 0 N–H and O–H groups in total. The zero-order valence-corrected chi connectivity index (χ0v) is 16.6. The zero-order valence-electron chi connectivity index (χ0n) is 16.6. The first-order valence-electron chi connectivity index (χ1n) is 10.2. The first-order chi connectivity index (χ1) is 14.0. The van der Waals surface area contributed by atoms with Crippen LogP contribution in [0.4, 0.5) is 5.69 Å². The normalized spacial score (nSPS) is 27.4. The Morgan fingerprint density at radius 3 is 2.17 bits per heavy atom. The Balaban J connectivity index is 1.35. The van der Waals surface area contributed by atoms with E-state index in [2.05, 4.69) is 0 Å². The van der Waals surface area contributed by atoms with Crippen molar-refractivity contribution < 1.29 is 19.1 Å². The van der Waals surface area contributed by atoms with Gasteiger partial charge in [0.15, 0.2) is 0 Å². The van der Waals surface area contributed by atoms with E-state index in [1.165, 1.54) is 4.90 Å². The second-order valence-electron chi connectivity index (χ2n) is 8.53. The molecule has 3 aliphatic rings. The molecule has 0 spiro atoms. The third-order valence-corrected chi connectivity index (χ3v) is 7.05. The average Bonchev–Trinajstić information content (AvgIpc) is 3.39. The maximum atomic E-state index is 12.9.